The molecule has 0 bridgehead atoms. The van der Waals surface area contributed by atoms with E-state index in [-0.39, 0.29) is 24.6 Å². The molecule has 1 atom stereocenters. The Morgan fingerprint density at radius 2 is 1.96 bits per heavy atom. The van der Waals surface area contributed by atoms with Gasteiger partial charge in [0, 0.05) is 0 Å². The molecule has 0 saturated carbocycles. The quantitative estimate of drug-likeness (QED) is 0.553. The van der Waals surface area contributed by atoms with Gasteiger partial charge in [0.1, 0.15) is 17.4 Å². The molecule has 138 valence electrons. The summed E-state index contributed by atoms with van der Waals surface area (Å²) in [7, 11) is 0. The number of hydrogen-bond acceptors (Lipinski definition) is 4. The summed E-state index contributed by atoms with van der Waals surface area (Å²) in [6.07, 6.45) is 1.36. The predicted octanol–water partition coefficient (Wildman–Crippen LogP) is 3.32. The van der Waals surface area contributed by atoms with Gasteiger partial charge in [0.05, 0.1) is 19.1 Å². The lowest BCUT2D eigenvalue weighted by atomic mass is 10.1. The molecule has 0 spiro atoms. The molecule has 0 saturated heterocycles. The SMILES string of the molecule is CC(NC(=O)/C(C#N)=C\c1cccc(OCCC(=O)O)c1)c1ccccc1. The maximum Gasteiger partial charge on any atom is 0.306 e. The number of rotatable bonds is 8. The van der Waals surface area contributed by atoms with Crippen molar-refractivity contribution in [2.45, 2.75) is 19.4 Å². The fraction of sp³-hybridized carbons (Fsp3) is 0.190. The molecular formula is C21H20N2O4. The van der Waals surface area contributed by atoms with E-state index in [2.05, 4.69) is 5.32 Å². The number of nitrogens with one attached hydrogen (secondary N) is 1. The van der Waals surface area contributed by atoms with Crippen LogP contribution in [0.15, 0.2) is 60.2 Å². The molecule has 0 aliphatic rings. The van der Waals surface area contributed by atoms with Crippen molar-refractivity contribution in [3.63, 3.8) is 0 Å². The third-order valence-corrected chi connectivity index (χ3v) is 3.77. The number of benzene rings is 2. The number of carboxylic acids is 1. The zero-order valence-electron chi connectivity index (χ0n) is 14.9. The molecule has 1 amide bonds. The van der Waals surface area contributed by atoms with Crippen LogP contribution in [0, 0.1) is 11.3 Å². The molecule has 0 radical (unpaired) electrons. The van der Waals surface area contributed by atoms with Crippen LogP contribution in [0.25, 0.3) is 6.08 Å². The third kappa shape index (κ3) is 6.33. The van der Waals surface area contributed by atoms with Crippen LogP contribution in [0.4, 0.5) is 0 Å². The highest BCUT2D eigenvalue weighted by atomic mass is 16.5. The van der Waals surface area contributed by atoms with Gasteiger partial charge >= 0.3 is 5.97 Å². The molecule has 2 aromatic carbocycles. The van der Waals surface area contributed by atoms with E-state index in [1.165, 1.54) is 6.08 Å². The monoisotopic (exact) mass is 364 g/mol. The molecule has 2 rings (SSSR count). The number of carboxylic acid groups (broad SMARTS) is 1. The number of nitrogens with zero attached hydrogens (tertiary/aromatic N) is 1. The minimum atomic E-state index is -0.943. The molecule has 27 heavy (non-hydrogen) atoms. The maximum atomic E-state index is 12.4. The maximum absolute atomic E-state index is 12.4. The van der Waals surface area contributed by atoms with E-state index in [0.717, 1.165) is 5.56 Å². The van der Waals surface area contributed by atoms with Gasteiger partial charge in [-0.2, -0.15) is 5.26 Å². The first-order valence-corrected chi connectivity index (χ1v) is 8.42. The van der Waals surface area contributed by atoms with Crippen LogP contribution in [0.2, 0.25) is 0 Å². The van der Waals surface area contributed by atoms with Crippen LogP contribution >= 0.6 is 0 Å². The first kappa shape index (κ1) is 19.7. The van der Waals surface area contributed by atoms with E-state index in [0.29, 0.717) is 11.3 Å². The highest BCUT2D eigenvalue weighted by molar-refractivity contribution is 6.01. The summed E-state index contributed by atoms with van der Waals surface area (Å²) in [6.45, 7) is 1.89. The lowest BCUT2D eigenvalue weighted by molar-refractivity contribution is -0.137. The lowest BCUT2D eigenvalue weighted by Crippen LogP contribution is -2.27. The van der Waals surface area contributed by atoms with E-state index in [1.54, 1.807) is 24.3 Å². The minimum Gasteiger partial charge on any atom is -0.493 e. The Morgan fingerprint density at radius 3 is 2.63 bits per heavy atom. The van der Waals surface area contributed by atoms with Crippen LogP contribution in [0.5, 0.6) is 5.75 Å². The van der Waals surface area contributed by atoms with Crippen molar-refractivity contribution < 1.29 is 19.4 Å². The molecular weight excluding hydrogens is 344 g/mol. The second-order valence-electron chi connectivity index (χ2n) is 5.84. The van der Waals surface area contributed by atoms with Crippen LogP contribution in [0.1, 0.15) is 30.5 Å². The first-order valence-electron chi connectivity index (χ1n) is 8.42. The van der Waals surface area contributed by atoms with E-state index in [9.17, 15) is 14.9 Å². The summed E-state index contributed by atoms with van der Waals surface area (Å²) in [5.41, 5.74) is 1.53. The topological polar surface area (TPSA) is 99.4 Å². The summed E-state index contributed by atoms with van der Waals surface area (Å²) in [5, 5.41) is 20.8. The number of aliphatic carboxylic acids is 1. The van der Waals surface area contributed by atoms with Crippen molar-refractivity contribution in [1.29, 1.82) is 5.26 Å². The van der Waals surface area contributed by atoms with Gasteiger partial charge in [0.2, 0.25) is 0 Å². The number of carbonyl (C=O) groups excluding carboxylic acids is 1. The van der Waals surface area contributed by atoms with Crippen molar-refractivity contribution in [3.8, 4) is 11.8 Å². The highest BCUT2D eigenvalue weighted by Crippen LogP contribution is 2.17. The largest absolute Gasteiger partial charge is 0.493 e. The number of hydrogen-bond donors (Lipinski definition) is 2. The van der Waals surface area contributed by atoms with Gasteiger partial charge in [-0.3, -0.25) is 9.59 Å². The summed E-state index contributed by atoms with van der Waals surface area (Å²) >= 11 is 0. The summed E-state index contributed by atoms with van der Waals surface area (Å²) < 4.78 is 5.36. The Kier molecular flexibility index (Phi) is 7.15. The number of ether oxygens (including phenoxy) is 1. The Hall–Kier alpha value is -3.59. The number of amides is 1. The summed E-state index contributed by atoms with van der Waals surface area (Å²) in [6, 6.07) is 17.9. The molecule has 0 heterocycles. The number of carbonyl (C=O) groups is 2. The van der Waals surface area contributed by atoms with E-state index in [4.69, 9.17) is 9.84 Å². The van der Waals surface area contributed by atoms with Gasteiger partial charge in [0.25, 0.3) is 5.91 Å². The smallest absolute Gasteiger partial charge is 0.306 e. The molecule has 2 aromatic rings. The van der Waals surface area contributed by atoms with Crippen LogP contribution in [-0.2, 0) is 9.59 Å². The van der Waals surface area contributed by atoms with Crippen molar-refractivity contribution in [1.82, 2.24) is 5.32 Å². The second-order valence-corrected chi connectivity index (χ2v) is 5.84. The average molecular weight is 364 g/mol. The molecule has 1 unspecified atom stereocenters. The van der Waals surface area contributed by atoms with E-state index in [1.807, 2.05) is 43.3 Å². The van der Waals surface area contributed by atoms with Crippen molar-refractivity contribution >= 4 is 18.0 Å². The molecule has 2 N–H and O–H groups in total. The standard InChI is InChI=1S/C21H20N2O4/c1-15(17-7-3-2-4-8-17)23-21(26)18(14-22)12-16-6-5-9-19(13-16)27-11-10-20(24)25/h2-9,12-13,15H,10-11H2,1H3,(H,23,26)(H,24,25)/b18-12-. The second kappa shape index (κ2) is 9.78. The molecule has 0 aliphatic heterocycles. The summed E-state index contributed by atoms with van der Waals surface area (Å²) in [4.78, 5) is 22.9. The van der Waals surface area contributed by atoms with Crippen LogP contribution < -0.4 is 10.1 Å². The average Bonchev–Trinajstić information content (AvgIpc) is 2.66. The van der Waals surface area contributed by atoms with Gasteiger partial charge in [0.15, 0.2) is 0 Å². The van der Waals surface area contributed by atoms with Crippen molar-refractivity contribution in [3.05, 3.63) is 71.3 Å². The molecule has 0 fully saturated rings. The Bertz CT molecular complexity index is 869. The Balaban J connectivity index is 2.07. The van der Waals surface area contributed by atoms with Gasteiger partial charge in [-0.1, -0.05) is 42.5 Å². The Labute approximate surface area is 157 Å². The molecule has 6 nitrogen and oxygen atoms in total. The van der Waals surface area contributed by atoms with Gasteiger partial charge < -0.3 is 15.2 Å². The van der Waals surface area contributed by atoms with E-state index >= 15 is 0 Å². The minimum absolute atomic E-state index is 0.0273. The normalized spacial score (nSPS) is 11.9. The predicted molar refractivity (Wildman–Crippen MR) is 101 cm³/mol. The molecule has 0 aromatic heterocycles. The third-order valence-electron chi connectivity index (χ3n) is 3.77. The van der Waals surface area contributed by atoms with Crippen LogP contribution in [-0.4, -0.2) is 23.6 Å². The van der Waals surface area contributed by atoms with Crippen molar-refractivity contribution in [2.75, 3.05) is 6.61 Å². The van der Waals surface area contributed by atoms with Crippen molar-refractivity contribution in [2.24, 2.45) is 0 Å². The Morgan fingerprint density at radius 1 is 1.22 bits per heavy atom. The highest BCUT2D eigenvalue weighted by Gasteiger charge is 2.13. The van der Waals surface area contributed by atoms with Gasteiger partial charge in [-0.15, -0.1) is 0 Å². The van der Waals surface area contributed by atoms with E-state index < -0.39 is 11.9 Å². The number of nitriles is 1. The molecule has 6 heteroatoms. The first-order chi connectivity index (χ1) is 13.0. The fourth-order valence-corrected chi connectivity index (χ4v) is 2.37. The molecule has 0 aliphatic carbocycles. The fourth-order valence-electron chi connectivity index (χ4n) is 2.37. The lowest BCUT2D eigenvalue weighted by Gasteiger charge is -2.13. The zero-order valence-corrected chi connectivity index (χ0v) is 14.9. The summed E-state index contributed by atoms with van der Waals surface area (Å²) in [5.74, 6) is -0.937. The van der Waals surface area contributed by atoms with Crippen LogP contribution in [0.3, 0.4) is 0 Å². The van der Waals surface area contributed by atoms with Gasteiger partial charge in [-0.25, -0.2) is 0 Å². The van der Waals surface area contributed by atoms with Gasteiger partial charge in [-0.05, 0) is 36.3 Å². The zero-order chi connectivity index (χ0) is 19.6.